The van der Waals surface area contributed by atoms with Crippen LogP contribution in [-0.4, -0.2) is 0 Å². The van der Waals surface area contributed by atoms with E-state index in [0.29, 0.717) is 0 Å². The predicted octanol–water partition coefficient (Wildman–Crippen LogP) is 4.10. The van der Waals surface area contributed by atoms with E-state index in [2.05, 4.69) is 35.0 Å². The second-order valence-electron chi connectivity index (χ2n) is 4.20. The minimum Gasteiger partial charge on any atom is -0.397 e. The topological polar surface area (TPSA) is 38.0 Å². The molecule has 3 rings (SSSR count). The third-order valence-electron chi connectivity index (χ3n) is 2.99. The SMILES string of the molecule is Nc1ccccc1NCc1csc2ccccc12. The van der Waals surface area contributed by atoms with Crippen LogP contribution in [0.25, 0.3) is 10.1 Å². The van der Waals surface area contributed by atoms with E-state index in [1.807, 2.05) is 24.3 Å². The van der Waals surface area contributed by atoms with Crippen molar-refractivity contribution in [1.29, 1.82) is 0 Å². The van der Waals surface area contributed by atoms with Crippen LogP contribution in [0.3, 0.4) is 0 Å². The zero-order chi connectivity index (χ0) is 12.4. The fourth-order valence-electron chi connectivity index (χ4n) is 2.02. The van der Waals surface area contributed by atoms with E-state index in [1.54, 1.807) is 11.3 Å². The van der Waals surface area contributed by atoms with E-state index in [0.717, 1.165) is 17.9 Å². The highest BCUT2D eigenvalue weighted by Crippen LogP contribution is 2.27. The minimum atomic E-state index is 0.789. The second-order valence-corrected chi connectivity index (χ2v) is 5.11. The molecule has 0 unspecified atom stereocenters. The van der Waals surface area contributed by atoms with Crippen molar-refractivity contribution in [2.45, 2.75) is 6.54 Å². The Morgan fingerprint density at radius 1 is 1.00 bits per heavy atom. The molecule has 0 atom stereocenters. The molecule has 0 amide bonds. The average Bonchev–Trinajstić information content (AvgIpc) is 2.81. The van der Waals surface area contributed by atoms with Gasteiger partial charge in [-0.2, -0.15) is 0 Å². The van der Waals surface area contributed by atoms with E-state index in [1.165, 1.54) is 15.6 Å². The van der Waals surface area contributed by atoms with Crippen LogP contribution in [0, 0.1) is 0 Å². The summed E-state index contributed by atoms with van der Waals surface area (Å²) in [4.78, 5) is 0. The number of anilines is 2. The lowest BCUT2D eigenvalue weighted by Gasteiger charge is -2.08. The fourth-order valence-corrected chi connectivity index (χ4v) is 2.98. The van der Waals surface area contributed by atoms with Crippen molar-refractivity contribution in [1.82, 2.24) is 0 Å². The molecule has 3 N–H and O–H groups in total. The molecule has 3 heteroatoms. The number of nitrogens with one attached hydrogen (secondary N) is 1. The number of benzene rings is 2. The molecular formula is C15H14N2S. The zero-order valence-electron chi connectivity index (χ0n) is 9.89. The molecule has 0 spiro atoms. The summed E-state index contributed by atoms with van der Waals surface area (Å²) in [7, 11) is 0. The molecule has 3 aromatic rings. The Kier molecular flexibility index (Phi) is 2.90. The molecular weight excluding hydrogens is 240 g/mol. The first-order valence-corrected chi connectivity index (χ1v) is 6.76. The Bertz CT molecular complexity index is 673. The largest absolute Gasteiger partial charge is 0.397 e. The number of rotatable bonds is 3. The van der Waals surface area contributed by atoms with Crippen molar-refractivity contribution < 1.29 is 0 Å². The number of thiophene rings is 1. The van der Waals surface area contributed by atoms with Crippen LogP contribution < -0.4 is 11.1 Å². The molecule has 0 aliphatic heterocycles. The summed E-state index contributed by atoms with van der Waals surface area (Å²) < 4.78 is 1.33. The van der Waals surface area contributed by atoms with Crippen LogP contribution in [0.5, 0.6) is 0 Å². The normalized spacial score (nSPS) is 10.7. The third-order valence-corrected chi connectivity index (χ3v) is 4.00. The van der Waals surface area contributed by atoms with Gasteiger partial charge in [0, 0.05) is 11.2 Å². The molecule has 18 heavy (non-hydrogen) atoms. The summed E-state index contributed by atoms with van der Waals surface area (Å²) in [6.07, 6.45) is 0. The molecule has 1 aromatic heterocycles. The molecule has 1 heterocycles. The first-order valence-electron chi connectivity index (χ1n) is 5.88. The molecule has 0 saturated carbocycles. The summed E-state index contributed by atoms with van der Waals surface area (Å²) in [5.74, 6) is 0. The van der Waals surface area contributed by atoms with E-state index >= 15 is 0 Å². The summed E-state index contributed by atoms with van der Waals surface area (Å²) in [5.41, 5.74) is 9.01. The van der Waals surface area contributed by atoms with Gasteiger partial charge in [0.1, 0.15) is 0 Å². The van der Waals surface area contributed by atoms with Crippen molar-refractivity contribution in [3.63, 3.8) is 0 Å². The number of hydrogen-bond donors (Lipinski definition) is 2. The summed E-state index contributed by atoms with van der Waals surface area (Å²) >= 11 is 1.78. The fraction of sp³-hybridized carbons (Fsp3) is 0.0667. The molecule has 0 bridgehead atoms. The van der Waals surface area contributed by atoms with Crippen LogP contribution in [-0.2, 0) is 6.54 Å². The average molecular weight is 254 g/mol. The van der Waals surface area contributed by atoms with Gasteiger partial charge >= 0.3 is 0 Å². The number of para-hydroxylation sites is 2. The van der Waals surface area contributed by atoms with Crippen LogP contribution in [0.2, 0.25) is 0 Å². The highest BCUT2D eigenvalue weighted by molar-refractivity contribution is 7.17. The maximum Gasteiger partial charge on any atom is 0.0576 e. The quantitative estimate of drug-likeness (QED) is 0.691. The minimum absolute atomic E-state index is 0.789. The smallest absolute Gasteiger partial charge is 0.0576 e. The Hall–Kier alpha value is -2.00. The summed E-state index contributed by atoms with van der Waals surface area (Å²) in [6, 6.07) is 16.3. The Morgan fingerprint density at radius 3 is 2.67 bits per heavy atom. The molecule has 90 valence electrons. The molecule has 0 saturated heterocycles. The number of hydrogen-bond acceptors (Lipinski definition) is 3. The number of fused-ring (bicyclic) bond motifs is 1. The van der Waals surface area contributed by atoms with Gasteiger partial charge in [0.05, 0.1) is 11.4 Å². The van der Waals surface area contributed by atoms with Crippen LogP contribution >= 0.6 is 11.3 Å². The van der Waals surface area contributed by atoms with Crippen molar-refractivity contribution in [3.8, 4) is 0 Å². The van der Waals surface area contributed by atoms with Gasteiger partial charge in [0.15, 0.2) is 0 Å². The zero-order valence-corrected chi connectivity index (χ0v) is 10.7. The van der Waals surface area contributed by atoms with Gasteiger partial charge in [0.2, 0.25) is 0 Å². The van der Waals surface area contributed by atoms with E-state index in [9.17, 15) is 0 Å². The van der Waals surface area contributed by atoms with E-state index < -0.39 is 0 Å². The van der Waals surface area contributed by atoms with Gasteiger partial charge in [-0.3, -0.25) is 0 Å². The van der Waals surface area contributed by atoms with Gasteiger partial charge < -0.3 is 11.1 Å². The van der Waals surface area contributed by atoms with Crippen molar-refractivity contribution >= 4 is 32.8 Å². The van der Waals surface area contributed by atoms with Gasteiger partial charge in [-0.1, -0.05) is 30.3 Å². The summed E-state index contributed by atoms with van der Waals surface area (Å²) in [5, 5.41) is 6.92. The highest BCUT2D eigenvalue weighted by Gasteiger charge is 2.03. The van der Waals surface area contributed by atoms with Crippen LogP contribution in [0.4, 0.5) is 11.4 Å². The lowest BCUT2D eigenvalue weighted by molar-refractivity contribution is 1.18. The first kappa shape index (κ1) is 11.1. The first-order chi connectivity index (χ1) is 8.84. The number of nitrogen functional groups attached to an aromatic ring is 1. The Morgan fingerprint density at radius 2 is 1.78 bits per heavy atom. The van der Waals surface area contributed by atoms with Crippen molar-refractivity contribution in [2.24, 2.45) is 0 Å². The number of nitrogens with two attached hydrogens (primary N) is 1. The monoisotopic (exact) mass is 254 g/mol. The van der Waals surface area contributed by atoms with Crippen LogP contribution in [0.15, 0.2) is 53.9 Å². The van der Waals surface area contributed by atoms with Gasteiger partial charge in [-0.25, -0.2) is 0 Å². The predicted molar refractivity (Wildman–Crippen MR) is 80.0 cm³/mol. The maximum atomic E-state index is 5.91. The molecule has 0 aliphatic rings. The van der Waals surface area contributed by atoms with Gasteiger partial charge in [-0.15, -0.1) is 11.3 Å². The lowest BCUT2D eigenvalue weighted by atomic mass is 10.2. The highest BCUT2D eigenvalue weighted by atomic mass is 32.1. The molecule has 0 radical (unpaired) electrons. The maximum absolute atomic E-state index is 5.91. The van der Waals surface area contributed by atoms with Crippen molar-refractivity contribution in [2.75, 3.05) is 11.1 Å². The second kappa shape index (κ2) is 4.70. The Labute approximate surface area is 110 Å². The Balaban J connectivity index is 1.83. The molecule has 0 fully saturated rings. The standard InChI is InChI=1S/C15H14N2S/c16-13-6-2-3-7-14(13)17-9-11-10-18-15-8-4-1-5-12(11)15/h1-8,10,17H,9,16H2. The third kappa shape index (κ3) is 2.05. The van der Waals surface area contributed by atoms with E-state index in [4.69, 9.17) is 5.73 Å². The molecule has 2 aromatic carbocycles. The van der Waals surface area contributed by atoms with Gasteiger partial charge in [0.25, 0.3) is 0 Å². The lowest BCUT2D eigenvalue weighted by Crippen LogP contribution is -2.01. The van der Waals surface area contributed by atoms with E-state index in [-0.39, 0.29) is 0 Å². The summed E-state index contributed by atoms with van der Waals surface area (Å²) in [6.45, 7) is 0.804. The molecule has 2 nitrogen and oxygen atoms in total. The van der Waals surface area contributed by atoms with Gasteiger partial charge in [-0.05, 0) is 34.5 Å². The molecule has 0 aliphatic carbocycles. The van der Waals surface area contributed by atoms with Crippen LogP contribution in [0.1, 0.15) is 5.56 Å². The van der Waals surface area contributed by atoms with Crippen molar-refractivity contribution in [3.05, 3.63) is 59.5 Å².